The molecule has 0 spiro atoms. The highest BCUT2D eigenvalue weighted by molar-refractivity contribution is 7.89. The van der Waals surface area contributed by atoms with Crippen molar-refractivity contribution >= 4 is 27.6 Å². The Bertz CT molecular complexity index is 938. The van der Waals surface area contributed by atoms with E-state index < -0.39 is 28.5 Å². The second kappa shape index (κ2) is 8.11. The number of nitrogens with one attached hydrogen (secondary N) is 2. The second-order valence-corrected chi connectivity index (χ2v) is 7.56. The van der Waals surface area contributed by atoms with Crippen LogP contribution in [0.3, 0.4) is 0 Å². The van der Waals surface area contributed by atoms with Gasteiger partial charge in [0.1, 0.15) is 0 Å². The van der Waals surface area contributed by atoms with Gasteiger partial charge < -0.3 is 10.1 Å². The van der Waals surface area contributed by atoms with E-state index in [1.54, 1.807) is 6.07 Å². The van der Waals surface area contributed by atoms with Gasteiger partial charge in [-0.05, 0) is 50.7 Å². The highest BCUT2D eigenvalue weighted by Crippen LogP contribution is 2.16. The van der Waals surface area contributed by atoms with Crippen molar-refractivity contribution in [1.29, 1.82) is 0 Å². The summed E-state index contributed by atoms with van der Waals surface area (Å²) in [6.07, 6.45) is 0. The Morgan fingerprint density at radius 2 is 1.81 bits per heavy atom. The molecule has 0 bridgehead atoms. The van der Waals surface area contributed by atoms with Crippen molar-refractivity contribution in [2.45, 2.75) is 18.7 Å². The molecule has 2 aromatic rings. The van der Waals surface area contributed by atoms with E-state index >= 15 is 0 Å². The number of hydrogen-bond donors (Lipinski definition) is 2. The summed E-state index contributed by atoms with van der Waals surface area (Å²) in [4.78, 5) is 24.0. The summed E-state index contributed by atoms with van der Waals surface area (Å²) in [5.74, 6) is -1.27. The Kier molecular flexibility index (Phi) is 6.12. The SMILES string of the molecule is CNS(=O)(=O)c1cccc(C(=O)OCC(=O)Nc2ccc(C)cc2C)c1. The molecule has 0 aromatic heterocycles. The lowest BCUT2D eigenvalue weighted by molar-refractivity contribution is -0.119. The van der Waals surface area contributed by atoms with Gasteiger partial charge in [0.05, 0.1) is 10.5 Å². The van der Waals surface area contributed by atoms with Gasteiger partial charge in [0.25, 0.3) is 5.91 Å². The number of carbonyl (C=O) groups is 2. The number of sulfonamides is 1. The van der Waals surface area contributed by atoms with Crippen molar-refractivity contribution in [2.75, 3.05) is 19.0 Å². The molecule has 8 heteroatoms. The normalized spacial score (nSPS) is 11.0. The summed E-state index contributed by atoms with van der Waals surface area (Å²) >= 11 is 0. The van der Waals surface area contributed by atoms with Crippen LogP contribution in [-0.4, -0.2) is 33.9 Å². The molecule has 0 aliphatic rings. The molecule has 2 N–H and O–H groups in total. The number of rotatable bonds is 6. The third kappa shape index (κ3) is 4.90. The number of aryl methyl sites for hydroxylation is 2. The van der Waals surface area contributed by atoms with Crippen molar-refractivity contribution in [3.63, 3.8) is 0 Å². The Morgan fingerprint density at radius 1 is 1.08 bits per heavy atom. The van der Waals surface area contributed by atoms with Crippen LogP contribution in [0, 0.1) is 13.8 Å². The maximum atomic E-state index is 12.1. The monoisotopic (exact) mass is 376 g/mol. The van der Waals surface area contributed by atoms with Crippen molar-refractivity contribution in [2.24, 2.45) is 0 Å². The van der Waals surface area contributed by atoms with E-state index in [9.17, 15) is 18.0 Å². The highest BCUT2D eigenvalue weighted by atomic mass is 32.2. The van der Waals surface area contributed by atoms with Crippen molar-refractivity contribution in [3.05, 3.63) is 59.2 Å². The van der Waals surface area contributed by atoms with E-state index in [4.69, 9.17) is 4.74 Å². The highest BCUT2D eigenvalue weighted by Gasteiger charge is 2.16. The zero-order chi connectivity index (χ0) is 19.3. The summed E-state index contributed by atoms with van der Waals surface area (Å²) in [6, 6.07) is 11.0. The van der Waals surface area contributed by atoms with Crippen molar-refractivity contribution in [1.82, 2.24) is 4.72 Å². The minimum atomic E-state index is -3.67. The number of anilines is 1. The second-order valence-electron chi connectivity index (χ2n) is 5.68. The fourth-order valence-corrected chi connectivity index (χ4v) is 3.04. The van der Waals surface area contributed by atoms with E-state index in [0.29, 0.717) is 5.69 Å². The van der Waals surface area contributed by atoms with Crippen LogP contribution >= 0.6 is 0 Å². The minimum Gasteiger partial charge on any atom is -0.452 e. The van der Waals surface area contributed by atoms with Gasteiger partial charge >= 0.3 is 5.97 Å². The van der Waals surface area contributed by atoms with Crippen LogP contribution in [-0.2, 0) is 19.6 Å². The lowest BCUT2D eigenvalue weighted by atomic mass is 10.1. The molecule has 0 fully saturated rings. The Hall–Kier alpha value is -2.71. The standard InChI is InChI=1S/C18H20N2O5S/c1-12-7-8-16(13(2)9-12)20-17(21)11-25-18(22)14-5-4-6-15(10-14)26(23,24)19-3/h4-10,19H,11H2,1-3H3,(H,20,21). The molecule has 0 aliphatic heterocycles. The molecule has 0 heterocycles. The molecule has 1 amide bonds. The van der Waals surface area contributed by atoms with Gasteiger partial charge in [0.2, 0.25) is 10.0 Å². The lowest BCUT2D eigenvalue weighted by Crippen LogP contribution is -2.22. The van der Waals surface area contributed by atoms with Gasteiger partial charge in [-0.2, -0.15) is 0 Å². The van der Waals surface area contributed by atoms with Crippen LogP contribution in [0.5, 0.6) is 0 Å². The maximum absolute atomic E-state index is 12.1. The van der Waals surface area contributed by atoms with Crippen LogP contribution in [0.1, 0.15) is 21.5 Å². The number of amides is 1. The first-order valence-electron chi connectivity index (χ1n) is 7.81. The number of benzene rings is 2. The Morgan fingerprint density at radius 3 is 2.46 bits per heavy atom. The van der Waals surface area contributed by atoms with Gasteiger partial charge in [-0.15, -0.1) is 0 Å². The largest absolute Gasteiger partial charge is 0.452 e. The fourth-order valence-electron chi connectivity index (χ4n) is 2.26. The first-order valence-corrected chi connectivity index (χ1v) is 9.29. The van der Waals surface area contributed by atoms with Crippen molar-refractivity contribution in [3.8, 4) is 0 Å². The third-order valence-corrected chi connectivity index (χ3v) is 5.05. The minimum absolute atomic E-state index is 0.0423. The van der Waals surface area contributed by atoms with Gasteiger partial charge in [-0.25, -0.2) is 17.9 Å². The predicted octanol–water partition coefficient (Wildman–Crippen LogP) is 2.01. The zero-order valence-electron chi connectivity index (χ0n) is 14.7. The van der Waals surface area contributed by atoms with E-state index in [2.05, 4.69) is 10.0 Å². The molecule has 0 unspecified atom stereocenters. The molecule has 2 aromatic carbocycles. The molecular weight excluding hydrogens is 356 g/mol. The molecule has 2 rings (SSSR count). The van der Waals surface area contributed by atoms with Crippen LogP contribution in [0.2, 0.25) is 0 Å². The molecule has 0 saturated heterocycles. The van der Waals surface area contributed by atoms with Gasteiger partial charge in [0.15, 0.2) is 6.61 Å². The molecule has 138 valence electrons. The smallest absolute Gasteiger partial charge is 0.338 e. The fraction of sp³-hybridized carbons (Fsp3) is 0.222. The van der Waals surface area contributed by atoms with E-state index in [0.717, 1.165) is 11.1 Å². The van der Waals surface area contributed by atoms with E-state index in [1.807, 2.05) is 26.0 Å². The summed E-state index contributed by atoms with van der Waals surface area (Å²) in [5.41, 5.74) is 2.65. The lowest BCUT2D eigenvalue weighted by Gasteiger charge is -2.10. The molecule has 0 saturated carbocycles. The average Bonchev–Trinajstić information content (AvgIpc) is 2.62. The molecule has 7 nitrogen and oxygen atoms in total. The molecule has 0 aliphatic carbocycles. The summed E-state index contributed by atoms with van der Waals surface area (Å²) in [7, 11) is -2.40. The Labute approximate surface area is 152 Å². The van der Waals surface area contributed by atoms with Crippen LogP contribution in [0.4, 0.5) is 5.69 Å². The molecular formula is C18H20N2O5S. The third-order valence-electron chi connectivity index (χ3n) is 3.64. The number of hydrogen-bond acceptors (Lipinski definition) is 5. The van der Waals surface area contributed by atoms with Gasteiger partial charge in [0, 0.05) is 5.69 Å². The average molecular weight is 376 g/mol. The van der Waals surface area contributed by atoms with Crippen molar-refractivity contribution < 1.29 is 22.7 Å². The molecule has 26 heavy (non-hydrogen) atoms. The number of carbonyl (C=O) groups excluding carboxylic acids is 2. The van der Waals surface area contributed by atoms with E-state index in [-0.39, 0.29) is 10.5 Å². The van der Waals surface area contributed by atoms with Crippen LogP contribution < -0.4 is 10.0 Å². The first kappa shape index (κ1) is 19.6. The summed E-state index contributed by atoms with van der Waals surface area (Å²) in [5, 5.41) is 2.67. The van der Waals surface area contributed by atoms with Crippen LogP contribution in [0.15, 0.2) is 47.4 Å². The number of esters is 1. The summed E-state index contributed by atoms with van der Waals surface area (Å²) in [6.45, 7) is 3.33. The summed E-state index contributed by atoms with van der Waals surface area (Å²) < 4.78 is 30.7. The molecule has 0 atom stereocenters. The van der Waals surface area contributed by atoms with Gasteiger partial charge in [-0.3, -0.25) is 4.79 Å². The predicted molar refractivity (Wildman–Crippen MR) is 97.5 cm³/mol. The van der Waals surface area contributed by atoms with Crippen LogP contribution in [0.25, 0.3) is 0 Å². The first-order chi connectivity index (χ1) is 12.2. The topological polar surface area (TPSA) is 102 Å². The van der Waals surface area contributed by atoms with E-state index in [1.165, 1.54) is 31.3 Å². The number of ether oxygens (including phenoxy) is 1. The quantitative estimate of drug-likeness (QED) is 0.751. The Balaban J connectivity index is 2.00. The van der Waals surface area contributed by atoms with Gasteiger partial charge in [-0.1, -0.05) is 23.8 Å². The zero-order valence-corrected chi connectivity index (χ0v) is 15.5. The maximum Gasteiger partial charge on any atom is 0.338 e. The molecule has 0 radical (unpaired) electrons.